The maximum absolute atomic E-state index is 14.0. The summed E-state index contributed by atoms with van der Waals surface area (Å²) in [4.78, 5) is 12.4. The van der Waals surface area contributed by atoms with E-state index >= 15 is 0 Å². The first-order valence-corrected chi connectivity index (χ1v) is 6.63. The molecule has 0 unspecified atom stereocenters. The molecular formula is C13H19ClFN3O3. The van der Waals surface area contributed by atoms with E-state index < -0.39 is 10.7 Å². The van der Waals surface area contributed by atoms with E-state index in [0.29, 0.717) is 6.42 Å². The minimum atomic E-state index is -0.531. The molecule has 1 aliphatic rings. The minimum absolute atomic E-state index is 0. The van der Waals surface area contributed by atoms with Crippen molar-refractivity contribution in [3.8, 4) is 0 Å². The second-order valence-corrected chi connectivity index (χ2v) is 4.78. The predicted octanol–water partition coefficient (Wildman–Crippen LogP) is 1.48. The van der Waals surface area contributed by atoms with Gasteiger partial charge in [0.25, 0.3) is 5.69 Å². The van der Waals surface area contributed by atoms with Crippen LogP contribution in [0.3, 0.4) is 0 Å². The third kappa shape index (κ3) is 4.34. The Labute approximate surface area is 128 Å². The molecule has 6 nitrogen and oxygen atoms in total. The molecule has 1 aliphatic heterocycles. The number of halogens is 2. The number of aliphatic hydroxyl groups is 1. The lowest BCUT2D eigenvalue weighted by Crippen LogP contribution is -2.45. The van der Waals surface area contributed by atoms with Crippen LogP contribution in [0, 0.1) is 15.9 Å². The van der Waals surface area contributed by atoms with E-state index in [9.17, 15) is 19.6 Å². The third-order valence-corrected chi connectivity index (χ3v) is 3.54. The van der Waals surface area contributed by atoms with Gasteiger partial charge in [-0.3, -0.25) is 15.0 Å². The number of rotatable bonds is 5. The molecule has 0 saturated carbocycles. The average Bonchev–Trinajstić information content (AvgIpc) is 2.46. The SMILES string of the molecule is Cl.O=[N+]([O-])c1ccc(F)c([C@@H](CCO)N2CCNCC2)c1. The van der Waals surface area contributed by atoms with Crippen molar-refractivity contribution < 1.29 is 14.4 Å². The maximum Gasteiger partial charge on any atom is 0.269 e. The summed E-state index contributed by atoms with van der Waals surface area (Å²) in [5.41, 5.74) is 0.162. The molecule has 0 amide bonds. The van der Waals surface area contributed by atoms with Crippen LogP contribution < -0.4 is 5.32 Å². The first-order chi connectivity index (χ1) is 9.63. The van der Waals surface area contributed by atoms with Crippen molar-refractivity contribution in [1.29, 1.82) is 0 Å². The quantitative estimate of drug-likeness (QED) is 0.635. The Kier molecular flexibility index (Phi) is 6.97. The Morgan fingerprint density at radius 3 is 2.67 bits per heavy atom. The van der Waals surface area contributed by atoms with E-state index in [0.717, 1.165) is 38.3 Å². The molecule has 0 radical (unpaired) electrons. The zero-order valence-corrected chi connectivity index (χ0v) is 12.3. The normalized spacial score (nSPS) is 17.0. The van der Waals surface area contributed by atoms with Crippen LogP contribution in [0.25, 0.3) is 0 Å². The summed E-state index contributed by atoms with van der Waals surface area (Å²) in [6, 6.07) is 3.23. The van der Waals surface area contributed by atoms with Crippen LogP contribution in [0.1, 0.15) is 18.0 Å². The highest BCUT2D eigenvalue weighted by Crippen LogP contribution is 2.29. The van der Waals surface area contributed by atoms with Gasteiger partial charge in [0.05, 0.1) is 4.92 Å². The zero-order valence-electron chi connectivity index (χ0n) is 11.5. The number of piperazine rings is 1. The number of non-ortho nitro benzene ring substituents is 1. The largest absolute Gasteiger partial charge is 0.396 e. The van der Waals surface area contributed by atoms with Gasteiger partial charge in [0.1, 0.15) is 5.82 Å². The van der Waals surface area contributed by atoms with E-state index in [1.165, 1.54) is 6.07 Å². The lowest BCUT2D eigenvalue weighted by atomic mass is 10.00. The highest BCUT2D eigenvalue weighted by Gasteiger charge is 2.25. The number of nitro groups is 1. The maximum atomic E-state index is 14.0. The van der Waals surface area contributed by atoms with Crippen LogP contribution in [0.15, 0.2) is 18.2 Å². The number of benzene rings is 1. The van der Waals surface area contributed by atoms with Crippen molar-refractivity contribution in [2.24, 2.45) is 0 Å². The molecule has 1 aromatic rings. The molecule has 0 aromatic heterocycles. The molecule has 0 bridgehead atoms. The summed E-state index contributed by atoms with van der Waals surface area (Å²) in [6.07, 6.45) is 0.359. The Balaban J connectivity index is 0.00000220. The Hall–Kier alpha value is -1.28. The van der Waals surface area contributed by atoms with Crippen molar-refractivity contribution in [2.45, 2.75) is 12.5 Å². The van der Waals surface area contributed by atoms with E-state index in [1.54, 1.807) is 0 Å². The fraction of sp³-hybridized carbons (Fsp3) is 0.538. The van der Waals surface area contributed by atoms with Gasteiger partial charge in [-0.15, -0.1) is 12.4 Å². The number of nitrogens with one attached hydrogen (secondary N) is 1. The summed E-state index contributed by atoms with van der Waals surface area (Å²) >= 11 is 0. The molecule has 2 rings (SSSR count). The summed E-state index contributed by atoms with van der Waals surface area (Å²) in [5, 5.41) is 23.2. The monoisotopic (exact) mass is 319 g/mol. The highest BCUT2D eigenvalue weighted by molar-refractivity contribution is 5.85. The van der Waals surface area contributed by atoms with Gasteiger partial charge in [-0.25, -0.2) is 4.39 Å². The zero-order chi connectivity index (χ0) is 14.5. The van der Waals surface area contributed by atoms with Crippen LogP contribution in [0.5, 0.6) is 0 Å². The van der Waals surface area contributed by atoms with E-state index in [-0.39, 0.29) is 36.3 Å². The van der Waals surface area contributed by atoms with Gasteiger partial charge < -0.3 is 10.4 Å². The van der Waals surface area contributed by atoms with E-state index in [1.807, 2.05) is 0 Å². The smallest absolute Gasteiger partial charge is 0.269 e. The van der Waals surface area contributed by atoms with Gasteiger partial charge in [-0.1, -0.05) is 0 Å². The first-order valence-electron chi connectivity index (χ1n) is 6.63. The molecule has 0 aliphatic carbocycles. The summed E-state index contributed by atoms with van der Waals surface area (Å²) in [5.74, 6) is -0.465. The lowest BCUT2D eigenvalue weighted by Gasteiger charge is -2.35. The number of hydrogen-bond acceptors (Lipinski definition) is 5. The Morgan fingerprint density at radius 1 is 1.43 bits per heavy atom. The van der Waals surface area contributed by atoms with Crippen LogP contribution in [0.4, 0.5) is 10.1 Å². The van der Waals surface area contributed by atoms with Gasteiger partial charge in [-0.2, -0.15) is 0 Å². The van der Waals surface area contributed by atoms with Crippen molar-refractivity contribution in [3.63, 3.8) is 0 Å². The minimum Gasteiger partial charge on any atom is -0.396 e. The predicted molar refractivity (Wildman–Crippen MR) is 79.2 cm³/mol. The Morgan fingerprint density at radius 2 is 2.10 bits per heavy atom. The summed E-state index contributed by atoms with van der Waals surface area (Å²) in [6.45, 7) is 2.95. The topological polar surface area (TPSA) is 78.6 Å². The molecule has 21 heavy (non-hydrogen) atoms. The van der Waals surface area contributed by atoms with Crippen molar-refractivity contribution >= 4 is 18.1 Å². The van der Waals surface area contributed by atoms with Gasteiger partial charge in [0.2, 0.25) is 0 Å². The molecule has 0 spiro atoms. The first kappa shape index (κ1) is 17.8. The summed E-state index contributed by atoms with van der Waals surface area (Å²) < 4.78 is 14.0. The molecule has 1 atom stereocenters. The average molecular weight is 320 g/mol. The number of nitrogens with zero attached hydrogens (tertiary/aromatic N) is 2. The molecule has 8 heteroatoms. The van der Waals surface area contributed by atoms with Crippen LogP contribution in [-0.4, -0.2) is 47.7 Å². The van der Waals surface area contributed by atoms with Crippen LogP contribution in [0.2, 0.25) is 0 Å². The lowest BCUT2D eigenvalue weighted by molar-refractivity contribution is -0.385. The van der Waals surface area contributed by atoms with Crippen LogP contribution >= 0.6 is 12.4 Å². The van der Waals surface area contributed by atoms with Gasteiger partial charge in [0.15, 0.2) is 0 Å². The molecule has 1 fully saturated rings. The van der Waals surface area contributed by atoms with Crippen molar-refractivity contribution in [3.05, 3.63) is 39.7 Å². The van der Waals surface area contributed by atoms with E-state index in [4.69, 9.17) is 0 Å². The fourth-order valence-corrected chi connectivity index (χ4v) is 2.55. The van der Waals surface area contributed by atoms with Gasteiger partial charge >= 0.3 is 0 Å². The summed E-state index contributed by atoms with van der Waals surface area (Å²) in [7, 11) is 0. The highest BCUT2D eigenvalue weighted by atomic mass is 35.5. The van der Waals surface area contributed by atoms with E-state index in [2.05, 4.69) is 10.2 Å². The fourth-order valence-electron chi connectivity index (χ4n) is 2.55. The second kappa shape index (κ2) is 8.23. The molecule has 1 aromatic carbocycles. The molecule has 1 heterocycles. The number of nitro benzene ring substituents is 1. The second-order valence-electron chi connectivity index (χ2n) is 4.78. The third-order valence-electron chi connectivity index (χ3n) is 3.54. The Bertz CT molecular complexity index is 484. The van der Waals surface area contributed by atoms with Crippen molar-refractivity contribution in [2.75, 3.05) is 32.8 Å². The number of hydrogen-bond donors (Lipinski definition) is 2. The van der Waals surface area contributed by atoms with Crippen LogP contribution in [-0.2, 0) is 0 Å². The van der Waals surface area contributed by atoms with Gasteiger partial charge in [0, 0.05) is 56.5 Å². The van der Waals surface area contributed by atoms with Gasteiger partial charge in [-0.05, 0) is 12.5 Å². The van der Waals surface area contributed by atoms with Crippen molar-refractivity contribution in [1.82, 2.24) is 10.2 Å². The molecular weight excluding hydrogens is 301 g/mol. The molecule has 2 N–H and O–H groups in total. The standard InChI is InChI=1S/C13H18FN3O3.ClH/c14-12-2-1-10(17(19)20)9-11(12)13(3-8-18)16-6-4-15-5-7-16;/h1-2,9,13,15,18H,3-8H2;1H/t13-;/m1./s1. The number of aliphatic hydroxyl groups excluding tert-OH is 1. The molecule has 118 valence electrons. The molecule has 1 saturated heterocycles.